The minimum Gasteiger partial charge on any atom is -0.308 e. The predicted octanol–water partition coefficient (Wildman–Crippen LogP) is 3.59. The van der Waals surface area contributed by atoms with Crippen molar-refractivity contribution in [2.24, 2.45) is 0 Å². The van der Waals surface area contributed by atoms with E-state index in [2.05, 4.69) is 10.4 Å². The van der Waals surface area contributed by atoms with Gasteiger partial charge in [-0.15, -0.1) is 0 Å². The maximum atomic E-state index is 11.3. The third kappa shape index (κ3) is 3.49. The van der Waals surface area contributed by atoms with Gasteiger partial charge in [-0.25, -0.2) is 0 Å². The Morgan fingerprint density at radius 1 is 1.32 bits per heavy atom. The number of amides is 1. The van der Waals surface area contributed by atoms with E-state index in [4.69, 9.17) is 23.2 Å². The molecule has 0 fully saturated rings. The molecule has 0 aliphatic carbocycles. The van der Waals surface area contributed by atoms with E-state index < -0.39 is 0 Å². The summed E-state index contributed by atoms with van der Waals surface area (Å²) in [6.07, 6.45) is 2.05. The Morgan fingerprint density at radius 2 is 2.05 bits per heavy atom. The lowest BCUT2D eigenvalue weighted by Gasteiger charge is -2.04. The van der Waals surface area contributed by atoms with Crippen molar-refractivity contribution in [3.8, 4) is 0 Å². The molecule has 1 amide bonds. The van der Waals surface area contributed by atoms with Crippen molar-refractivity contribution in [2.75, 3.05) is 5.32 Å². The first-order valence-electron chi connectivity index (χ1n) is 5.86. The molecule has 0 spiro atoms. The van der Waals surface area contributed by atoms with Gasteiger partial charge in [-0.2, -0.15) is 5.10 Å². The summed E-state index contributed by atoms with van der Waals surface area (Å²) >= 11 is 12.1. The first kappa shape index (κ1) is 13.9. The normalized spacial score (nSPS) is 10.5. The number of carbonyl (C=O) groups is 1. The minimum absolute atomic E-state index is 0.120. The summed E-state index contributed by atoms with van der Waals surface area (Å²) in [5, 5.41) is 7.96. The van der Waals surface area contributed by atoms with Gasteiger partial charge in [0.15, 0.2) is 5.82 Å². The molecule has 0 saturated carbocycles. The van der Waals surface area contributed by atoms with Gasteiger partial charge in [0.25, 0.3) is 0 Å². The average molecular weight is 298 g/mol. The zero-order valence-electron chi connectivity index (χ0n) is 10.4. The molecular formula is C13H13Cl2N3O. The Morgan fingerprint density at radius 3 is 2.74 bits per heavy atom. The van der Waals surface area contributed by atoms with Crippen LogP contribution in [0.25, 0.3) is 0 Å². The van der Waals surface area contributed by atoms with E-state index in [-0.39, 0.29) is 5.91 Å². The van der Waals surface area contributed by atoms with Gasteiger partial charge in [0.2, 0.25) is 5.91 Å². The molecule has 0 bridgehead atoms. The summed E-state index contributed by atoms with van der Waals surface area (Å²) in [7, 11) is 0. The number of nitrogens with zero attached hydrogens (tertiary/aromatic N) is 2. The summed E-state index contributed by atoms with van der Waals surface area (Å²) in [5.74, 6) is 0.255. The second-order valence-corrected chi connectivity index (χ2v) is 4.83. The van der Waals surface area contributed by atoms with Crippen molar-refractivity contribution in [1.82, 2.24) is 9.78 Å². The zero-order chi connectivity index (χ0) is 13.8. The molecule has 0 radical (unpaired) electrons. The van der Waals surface area contributed by atoms with Crippen LogP contribution >= 0.6 is 23.2 Å². The molecule has 4 nitrogen and oxygen atoms in total. The first-order chi connectivity index (χ1) is 9.10. The van der Waals surface area contributed by atoms with E-state index in [1.165, 1.54) is 0 Å². The number of hydrogen-bond acceptors (Lipinski definition) is 2. The number of rotatable bonds is 4. The topological polar surface area (TPSA) is 46.9 Å². The fourth-order valence-corrected chi connectivity index (χ4v) is 1.98. The van der Waals surface area contributed by atoms with E-state index in [1.807, 2.05) is 24.3 Å². The molecule has 2 aromatic rings. The highest BCUT2D eigenvalue weighted by atomic mass is 35.5. The summed E-state index contributed by atoms with van der Waals surface area (Å²) in [6, 6.07) is 7.52. The van der Waals surface area contributed by atoms with Crippen LogP contribution in [0, 0.1) is 0 Å². The predicted molar refractivity (Wildman–Crippen MR) is 76.7 cm³/mol. The lowest BCUT2D eigenvalue weighted by Crippen LogP contribution is -2.11. The summed E-state index contributed by atoms with van der Waals surface area (Å²) in [5.41, 5.74) is 0.941. The van der Waals surface area contributed by atoms with Gasteiger partial charge in [-0.3, -0.25) is 9.48 Å². The monoisotopic (exact) mass is 297 g/mol. The van der Waals surface area contributed by atoms with Crippen molar-refractivity contribution < 1.29 is 4.79 Å². The largest absolute Gasteiger partial charge is 0.308 e. The van der Waals surface area contributed by atoms with Crippen LogP contribution in [0.2, 0.25) is 10.0 Å². The molecule has 0 atom stereocenters. The Bertz CT molecular complexity index is 595. The number of nitrogens with one attached hydrogen (secondary N) is 1. The number of hydrogen-bond donors (Lipinski definition) is 1. The number of benzene rings is 1. The van der Waals surface area contributed by atoms with Gasteiger partial charge in [-0.1, -0.05) is 48.3 Å². The molecule has 0 saturated heterocycles. The minimum atomic E-state index is -0.120. The number of halogens is 2. The second kappa shape index (κ2) is 6.08. The Labute approximate surface area is 121 Å². The van der Waals surface area contributed by atoms with Gasteiger partial charge in [0.05, 0.1) is 6.54 Å². The van der Waals surface area contributed by atoms with E-state index >= 15 is 0 Å². The summed E-state index contributed by atoms with van der Waals surface area (Å²) in [4.78, 5) is 11.3. The van der Waals surface area contributed by atoms with Crippen LogP contribution in [0.3, 0.4) is 0 Å². The highest BCUT2D eigenvalue weighted by Gasteiger charge is 2.10. The molecule has 19 heavy (non-hydrogen) atoms. The average Bonchev–Trinajstić information content (AvgIpc) is 2.72. The lowest BCUT2D eigenvalue weighted by molar-refractivity contribution is -0.115. The zero-order valence-corrected chi connectivity index (χ0v) is 11.9. The highest BCUT2D eigenvalue weighted by Crippen LogP contribution is 2.22. The van der Waals surface area contributed by atoms with E-state index in [0.717, 1.165) is 5.56 Å². The molecule has 1 aromatic carbocycles. The Hall–Kier alpha value is -1.52. The molecular weight excluding hydrogens is 285 g/mol. The molecule has 6 heteroatoms. The SMILES string of the molecule is CCC(=O)Nc1nn(Cc2ccccc2Cl)cc1Cl. The van der Waals surface area contributed by atoms with Crippen LogP contribution in [-0.4, -0.2) is 15.7 Å². The Balaban J connectivity index is 2.16. The van der Waals surface area contributed by atoms with Gasteiger partial charge in [0.1, 0.15) is 5.02 Å². The molecule has 100 valence electrons. The molecule has 1 heterocycles. The van der Waals surface area contributed by atoms with Gasteiger partial charge in [0, 0.05) is 17.6 Å². The van der Waals surface area contributed by atoms with Crippen molar-refractivity contribution >= 4 is 34.9 Å². The van der Waals surface area contributed by atoms with E-state index in [0.29, 0.717) is 28.8 Å². The molecule has 1 N–H and O–H groups in total. The fourth-order valence-electron chi connectivity index (χ4n) is 1.58. The highest BCUT2D eigenvalue weighted by molar-refractivity contribution is 6.33. The second-order valence-electron chi connectivity index (χ2n) is 4.02. The summed E-state index contributed by atoms with van der Waals surface area (Å²) < 4.78 is 1.65. The number of aromatic nitrogens is 2. The van der Waals surface area contributed by atoms with Crippen LogP contribution in [0.4, 0.5) is 5.82 Å². The van der Waals surface area contributed by atoms with Crippen LogP contribution in [-0.2, 0) is 11.3 Å². The molecule has 0 unspecified atom stereocenters. The lowest BCUT2D eigenvalue weighted by atomic mass is 10.2. The van der Waals surface area contributed by atoms with Crippen LogP contribution in [0.5, 0.6) is 0 Å². The quantitative estimate of drug-likeness (QED) is 0.937. The van der Waals surface area contributed by atoms with E-state index in [9.17, 15) is 4.79 Å². The van der Waals surface area contributed by atoms with Crippen LogP contribution in [0.15, 0.2) is 30.5 Å². The van der Waals surface area contributed by atoms with Crippen molar-refractivity contribution in [3.63, 3.8) is 0 Å². The smallest absolute Gasteiger partial charge is 0.225 e. The third-order valence-electron chi connectivity index (χ3n) is 2.59. The molecule has 0 aliphatic heterocycles. The van der Waals surface area contributed by atoms with Gasteiger partial charge >= 0.3 is 0 Å². The van der Waals surface area contributed by atoms with Gasteiger partial charge in [-0.05, 0) is 11.6 Å². The number of carbonyl (C=O) groups excluding carboxylic acids is 1. The maximum Gasteiger partial charge on any atom is 0.225 e. The van der Waals surface area contributed by atoms with E-state index in [1.54, 1.807) is 17.8 Å². The molecule has 0 aliphatic rings. The molecule has 2 rings (SSSR count). The maximum absolute atomic E-state index is 11.3. The first-order valence-corrected chi connectivity index (χ1v) is 6.62. The van der Waals surface area contributed by atoms with Crippen molar-refractivity contribution in [3.05, 3.63) is 46.1 Å². The Kier molecular flexibility index (Phi) is 4.45. The van der Waals surface area contributed by atoms with Crippen molar-refractivity contribution in [1.29, 1.82) is 0 Å². The van der Waals surface area contributed by atoms with Crippen molar-refractivity contribution in [2.45, 2.75) is 19.9 Å². The van der Waals surface area contributed by atoms with Crippen LogP contribution < -0.4 is 5.32 Å². The molecule has 1 aromatic heterocycles. The summed E-state index contributed by atoms with van der Waals surface area (Å²) in [6.45, 7) is 2.27. The fraction of sp³-hybridized carbons (Fsp3) is 0.231. The number of anilines is 1. The van der Waals surface area contributed by atoms with Gasteiger partial charge < -0.3 is 5.32 Å². The van der Waals surface area contributed by atoms with Crippen LogP contribution in [0.1, 0.15) is 18.9 Å². The third-order valence-corrected chi connectivity index (χ3v) is 3.23. The standard InChI is InChI=1S/C13H13Cl2N3O/c1-2-12(19)16-13-11(15)8-18(17-13)7-9-5-3-4-6-10(9)14/h3-6,8H,2,7H2,1H3,(H,16,17,19).